The molecule has 0 unspecified atom stereocenters. The maximum Gasteiger partial charge on any atom is 0.267 e. The maximum absolute atomic E-state index is 13.1. The fourth-order valence-electron chi connectivity index (χ4n) is 2.69. The fraction of sp³-hybridized carbons (Fsp3) is 0.250. The molecule has 0 aliphatic carbocycles. The van der Waals surface area contributed by atoms with Crippen LogP contribution >= 0.6 is 11.3 Å². The van der Waals surface area contributed by atoms with E-state index in [0.717, 1.165) is 11.3 Å². The average Bonchev–Trinajstić information content (AvgIpc) is 3.37. The molecule has 0 spiro atoms. The summed E-state index contributed by atoms with van der Waals surface area (Å²) in [6.45, 7) is 2.98. The van der Waals surface area contributed by atoms with Crippen LogP contribution in [0.5, 0.6) is 0 Å². The summed E-state index contributed by atoms with van der Waals surface area (Å²) in [5.41, 5.74) is -0.0255. The van der Waals surface area contributed by atoms with E-state index in [1.807, 2.05) is 0 Å². The number of benzene rings is 1. The number of carbonyl (C=O) groups excluding carboxylic acids is 2. The lowest BCUT2D eigenvalue weighted by atomic mass is 10.0. The first kappa shape index (κ1) is 15.8. The number of sulfonamides is 1. The van der Waals surface area contributed by atoms with E-state index in [9.17, 15) is 18.0 Å². The third-order valence-corrected chi connectivity index (χ3v) is 6.59. The van der Waals surface area contributed by atoms with Crippen molar-refractivity contribution in [3.05, 3.63) is 56.4 Å². The number of thiophene rings is 1. The minimum absolute atomic E-state index is 0.0258. The zero-order valence-electron chi connectivity index (χ0n) is 21.5. The van der Waals surface area contributed by atoms with Crippen LogP contribution in [0.4, 0.5) is 11.6 Å². The Balaban J connectivity index is 2.00. The van der Waals surface area contributed by atoms with Gasteiger partial charge in [0.15, 0.2) is 5.78 Å². The SMILES string of the molecule is [2H]c1c(C)c([2H])c(C(C)=O)c(NC(=O)c2sccc2S(=O)(=O)Nc2onc(C([2H])([2H])[2H])c2C)c1C. The van der Waals surface area contributed by atoms with Gasteiger partial charge in [-0.1, -0.05) is 11.2 Å². The van der Waals surface area contributed by atoms with Crippen LogP contribution in [0.3, 0.4) is 0 Å². The van der Waals surface area contributed by atoms with E-state index in [-0.39, 0.29) is 44.9 Å². The molecule has 0 saturated carbocycles. The van der Waals surface area contributed by atoms with Gasteiger partial charge in [-0.2, -0.15) is 0 Å². The molecule has 2 heterocycles. The van der Waals surface area contributed by atoms with Crippen LogP contribution < -0.4 is 10.0 Å². The summed E-state index contributed by atoms with van der Waals surface area (Å²) in [5.74, 6) is -1.77. The molecule has 2 aromatic heterocycles. The second kappa shape index (κ2) is 8.04. The Kier molecular flexibility index (Phi) is 4.23. The lowest BCUT2D eigenvalue weighted by Gasteiger charge is -2.14. The van der Waals surface area contributed by atoms with E-state index in [2.05, 4.69) is 15.2 Å². The standard InChI is InChI=1S/C20H21N3O5S2/c1-10-8-11(2)17(15(9-10)14(5)24)21-19(25)18-16(6-7-29-18)30(26,27)23-20-12(3)13(4)22-28-20/h6-9,23H,1-5H3,(H,21,25)/i4D3,8D,9D. The molecule has 0 radical (unpaired) electrons. The lowest BCUT2D eigenvalue weighted by molar-refractivity contribution is 0.101. The van der Waals surface area contributed by atoms with Crippen LogP contribution in [-0.4, -0.2) is 25.3 Å². The van der Waals surface area contributed by atoms with Crippen LogP contribution in [0.15, 0.2) is 32.9 Å². The third kappa shape index (κ3) is 4.14. The van der Waals surface area contributed by atoms with Gasteiger partial charge in [-0.05, 0) is 63.2 Å². The Morgan fingerprint density at radius 3 is 2.63 bits per heavy atom. The molecular weight excluding hydrogens is 426 g/mol. The van der Waals surface area contributed by atoms with Crippen molar-refractivity contribution in [1.29, 1.82) is 0 Å². The summed E-state index contributed by atoms with van der Waals surface area (Å²) in [6.07, 6.45) is 0. The number of carbonyl (C=O) groups is 2. The average molecular weight is 453 g/mol. The molecule has 0 aliphatic heterocycles. The number of amides is 1. The third-order valence-electron chi connectivity index (χ3n) is 4.18. The van der Waals surface area contributed by atoms with Crippen molar-refractivity contribution in [2.75, 3.05) is 10.0 Å². The van der Waals surface area contributed by atoms with Crippen LogP contribution in [0.2, 0.25) is 0 Å². The summed E-state index contributed by atoms with van der Waals surface area (Å²) in [4.78, 5) is 24.7. The van der Waals surface area contributed by atoms with Gasteiger partial charge in [0.25, 0.3) is 15.9 Å². The number of rotatable bonds is 6. The fourth-order valence-corrected chi connectivity index (χ4v) is 5.06. The van der Waals surface area contributed by atoms with E-state index in [1.54, 1.807) is 0 Å². The molecule has 30 heavy (non-hydrogen) atoms. The predicted molar refractivity (Wildman–Crippen MR) is 115 cm³/mol. The molecule has 0 bridgehead atoms. The van der Waals surface area contributed by atoms with E-state index in [1.165, 1.54) is 39.1 Å². The zero-order valence-corrected chi connectivity index (χ0v) is 18.1. The second-order valence-corrected chi connectivity index (χ2v) is 9.03. The van der Waals surface area contributed by atoms with Crippen LogP contribution in [-0.2, 0) is 10.0 Å². The first-order valence-electron chi connectivity index (χ1n) is 11.1. The highest BCUT2D eigenvalue weighted by molar-refractivity contribution is 7.93. The second-order valence-electron chi connectivity index (χ2n) is 6.47. The minimum atomic E-state index is -4.41. The number of aryl methyl sites for hydroxylation is 1. The molecule has 1 aromatic carbocycles. The highest BCUT2D eigenvalue weighted by Crippen LogP contribution is 2.29. The number of anilines is 2. The van der Waals surface area contributed by atoms with Crippen molar-refractivity contribution >= 4 is 44.6 Å². The van der Waals surface area contributed by atoms with Crippen LogP contribution in [0.1, 0.15) is 56.2 Å². The number of aromatic nitrogens is 1. The number of ketones is 1. The van der Waals surface area contributed by atoms with Crippen molar-refractivity contribution < 1.29 is 29.4 Å². The number of hydrogen-bond donors (Lipinski definition) is 2. The van der Waals surface area contributed by atoms with Gasteiger partial charge in [0, 0.05) is 15.2 Å². The predicted octanol–water partition coefficient (Wildman–Crippen LogP) is 4.23. The quantitative estimate of drug-likeness (QED) is 0.541. The van der Waals surface area contributed by atoms with Gasteiger partial charge in [0.05, 0.1) is 14.1 Å². The smallest absolute Gasteiger partial charge is 0.267 e. The van der Waals surface area contributed by atoms with Gasteiger partial charge in [0.1, 0.15) is 9.77 Å². The Bertz CT molecular complexity index is 1460. The Morgan fingerprint density at radius 1 is 1.27 bits per heavy atom. The molecule has 8 nitrogen and oxygen atoms in total. The molecule has 3 aromatic rings. The molecular formula is C20H21N3O5S2. The monoisotopic (exact) mass is 452 g/mol. The number of nitrogens with zero attached hydrogens (tertiary/aromatic N) is 1. The first-order valence-corrected chi connectivity index (χ1v) is 10.9. The molecule has 0 atom stereocenters. The number of nitrogens with one attached hydrogen (secondary N) is 2. The van der Waals surface area contributed by atoms with Gasteiger partial charge < -0.3 is 9.84 Å². The molecule has 1 amide bonds. The molecule has 0 saturated heterocycles. The molecule has 158 valence electrons. The van der Waals surface area contributed by atoms with Gasteiger partial charge in [-0.15, -0.1) is 11.3 Å². The van der Waals surface area contributed by atoms with Crippen molar-refractivity contribution in [3.8, 4) is 0 Å². The summed E-state index contributed by atoms with van der Waals surface area (Å²) < 4.78 is 71.7. The number of hydrogen-bond acceptors (Lipinski definition) is 7. The highest BCUT2D eigenvalue weighted by Gasteiger charge is 2.27. The lowest BCUT2D eigenvalue weighted by Crippen LogP contribution is -2.20. The van der Waals surface area contributed by atoms with Crippen molar-refractivity contribution in [3.63, 3.8) is 0 Å². The van der Waals surface area contributed by atoms with Gasteiger partial charge >= 0.3 is 0 Å². The summed E-state index contributed by atoms with van der Waals surface area (Å²) in [5, 5.41) is 7.27. The molecule has 0 aliphatic rings. The van der Waals surface area contributed by atoms with Gasteiger partial charge in [-0.3, -0.25) is 9.59 Å². The Morgan fingerprint density at radius 2 is 2.00 bits per heavy atom. The zero-order chi connectivity index (χ0) is 26.5. The number of Topliss-reactive ketones (excluding diaryl/α,β-unsaturated/α-hetero) is 1. The Labute approximate surface area is 185 Å². The Hall–Kier alpha value is -2.98. The van der Waals surface area contributed by atoms with Crippen LogP contribution in [0, 0.1) is 27.6 Å². The first-order chi connectivity index (χ1) is 16.1. The van der Waals surface area contributed by atoms with Crippen LogP contribution in [0.25, 0.3) is 0 Å². The van der Waals surface area contributed by atoms with E-state index >= 15 is 0 Å². The summed E-state index contributed by atoms with van der Waals surface area (Å²) >= 11 is 0.814. The minimum Gasteiger partial charge on any atom is -0.337 e. The molecule has 10 heteroatoms. The highest BCUT2D eigenvalue weighted by atomic mass is 32.2. The molecule has 0 fully saturated rings. The maximum atomic E-state index is 13.1. The summed E-state index contributed by atoms with van der Waals surface area (Å²) in [6, 6.07) is 0.953. The van der Waals surface area contributed by atoms with E-state index in [0.29, 0.717) is 0 Å². The van der Waals surface area contributed by atoms with Crippen molar-refractivity contribution in [2.24, 2.45) is 0 Å². The normalized spacial score (nSPS) is 14.2. The molecule has 2 N–H and O–H groups in total. The topological polar surface area (TPSA) is 118 Å². The van der Waals surface area contributed by atoms with E-state index < -0.39 is 45.0 Å². The summed E-state index contributed by atoms with van der Waals surface area (Å²) in [7, 11) is -4.41. The van der Waals surface area contributed by atoms with Gasteiger partial charge in [-0.25, -0.2) is 13.1 Å². The van der Waals surface area contributed by atoms with E-state index in [4.69, 9.17) is 11.4 Å². The van der Waals surface area contributed by atoms with Gasteiger partial charge in [0.2, 0.25) is 5.88 Å². The molecule has 3 rings (SSSR count). The van der Waals surface area contributed by atoms with Crippen molar-refractivity contribution in [1.82, 2.24) is 5.16 Å². The van der Waals surface area contributed by atoms with Crippen molar-refractivity contribution in [2.45, 2.75) is 39.4 Å². The largest absolute Gasteiger partial charge is 0.337 e.